The van der Waals surface area contributed by atoms with Crippen molar-refractivity contribution in [3.8, 4) is 0 Å². The van der Waals surface area contributed by atoms with Crippen LogP contribution in [0.25, 0.3) is 10.8 Å². The van der Waals surface area contributed by atoms with Gasteiger partial charge in [-0.2, -0.15) is 0 Å². The molecule has 0 saturated heterocycles. The fourth-order valence-electron chi connectivity index (χ4n) is 9.15. The maximum atomic E-state index is 10.5. The molecule has 2 nitrogen and oxygen atoms in total. The van der Waals surface area contributed by atoms with Gasteiger partial charge in [0.05, 0.1) is 6.10 Å². The van der Waals surface area contributed by atoms with E-state index in [0.717, 1.165) is 25.2 Å². The van der Waals surface area contributed by atoms with Crippen LogP contribution in [0.2, 0.25) is 0 Å². The minimum absolute atomic E-state index is 0.0876. The molecule has 0 radical (unpaired) electrons. The highest BCUT2D eigenvalue weighted by molar-refractivity contribution is 5.82. The lowest BCUT2D eigenvalue weighted by atomic mass is 9.50. The van der Waals surface area contributed by atoms with E-state index >= 15 is 0 Å². The first kappa shape index (κ1) is 18.6. The second kappa shape index (κ2) is 6.10. The van der Waals surface area contributed by atoms with Crippen LogP contribution in [0.15, 0.2) is 60.0 Å². The van der Waals surface area contributed by atoms with E-state index in [4.69, 9.17) is 0 Å². The molecule has 6 atom stereocenters. The molecule has 3 saturated carbocycles. The van der Waals surface area contributed by atoms with E-state index in [1.807, 2.05) is 12.4 Å². The van der Waals surface area contributed by atoms with Crippen LogP contribution in [0.4, 0.5) is 0 Å². The third-order valence-electron chi connectivity index (χ3n) is 10.5. The third kappa shape index (κ3) is 2.35. The van der Waals surface area contributed by atoms with Crippen LogP contribution in [-0.4, -0.2) is 16.2 Å². The molecule has 3 fully saturated rings. The molecule has 0 unspecified atom stereocenters. The molecule has 31 heavy (non-hydrogen) atoms. The highest BCUT2D eigenvalue weighted by Gasteiger charge is 2.65. The molecule has 1 N–H and O–H groups in total. The van der Waals surface area contributed by atoms with Crippen molar-refractivity contribution in [2.45, 2.75) is 76.7 Å². The predicted molar refractivity (Wildman–Crippen MR) is 125 cm³/mol. The van der Waals surface area contributed by atoms with Crippen LogP contribution >= 0.6 is 0 Å². The second-order valence-electron chi connectivity index (χ2n) is 11.7. The highest BCUT2D eigenvalue weighted by Crippen LogP contribution is 2.75. The van der Waals surface area contributed by atoms with Crippen LogP contribution in [0.1, 0.15) is 76.2 Å². The number of hydrogen-bond donors (Lipinski definition) is 1. The number of aliphatic hydroxyl groups is 1. The van der Waals surface area contributed by atoms with Gasteiger partial charge in [-0.3, -0.25) is 4.98 Å². The van der Waals surface area contributed by atoms with Gasteiger partial charge >= 0.3 is 0 Å². The molecule has 1 aromatic carbocycles. The Kier molecular flexibility index (Phi) is 3.66. The summed E-state index contributed by atoms with van der Waals surface area (Å²) in [6, 6.07) is 9.23. The molecular formula is C29H33NO. The highest BCUT2D eigenvalue weighted by atomic mass is 16.3. The van der Waals surface area contributed by atoms with Crippen LogP contribution in [-0.2, 0) is 0 Å². The van der Waals surface area contributed by atoms with Crippen molar-refractivity contribution in [2.24, 2.45) is 22.2 Å². The molecule has 2 heteroatoms. The third-order valence-corrected chi connectivity index (χ3v) is 10.5. The molecule has 0 amide bonds. The molecule has 0 aliphatic heterocycles. The normalized spacial score (nSPS) is 43.1. The number of fused-ring (bicyclic) bond motifs is 2. The number of hydrogen-bond acceptors (Lipinski definition) is 2. The molecule has 7 rings (SSSR count). The Morgan fingerprint density at radius 2 is 2.00 bits per heavy atom. The van der Waals surface area contributed by atoms with Crippen LogP contribution < -0.4 is 0 Å². The fraction of sp³-hybridized carbons (Fsp3) is 0.552. The van der Waals surface area contributed by atoms with Gasteiger partial charge < -0.3 is 5.11 Å². The summed E-state index contributed by atoms with van der Waals surface area (Å²) in [5.41, 5.74) is 5.88. The largest absolute Gasteiger partial charge is 0.393 e. The van der Waals surface area contributed by atoms with E-state index in [9.17, 15) is 5.11 Å². The summed E-state index contributed by atoms with van der Waals surface area (Å²) in [6.45, 7) is 2.60. The smallest absolute Gasteiger partial charge is 0.0551 e. The van der Waals surface area contributed by atoms with E-state index in [0.29, 0.717) is 22.2 Å². The van der Waals surface area contributed by atoms with Gasteiger partial charge in [0.15, 0.2) is 0 Å². The lowest BCUT2D eigenvalue weighted by molar-refractivity contribution is 0.0375. The predicted octanol–water partition coefficient (Wildman–Crippen LogP) is 6.71. The lowest BCUT2D eigenvalue weighted by Gasteiger charge is -2.54. The van der Waals surface area contributed by atoms with Gasteiger partial charge in [-0.1, -0.05) is 36.8 Å². The average molecular weight is 412 g/mol. The first-order chi connectivity index (χ1) is 15.0. The molecule has 2 spiro atoms. The lowest BCUT2D eigenvalue weighted by Crippen LogP contribution is -2.46. The number of rotatable bonds is 1. The summed E-state index contributed by atoms with van der Waals surface area (Å²) in [5, 5.41) is 13.1. The van der Waals surface area contributed by atoms with Crippen LogP contribution in [0.5, 0.6) is 0 Å². The van der Waals surface area contributed by atoms with E-state index in [-0.39, 0.29) is 6.10 Å². The Morgan fingerprint density at radius 1 is 1.06 bits per heavy atom. The summed E-state index contributed by atoms with van der Waals surface area (Å²) in [7, 11) is 0. The standard InChI is InChI=1S/C29H33NO/c1-27-10-8-23-15-22-4-5-24(31)16-28(22)11-12-29(23,18-28)26(27)7-6-25(27)20-3-2-19-9-13-30-17-21(19)14-20/h2-3,8-9,13-15,17,24-26,31H,4-7,10-12,16,18H2,1H3/t24-,25+,26+,27-,28-,29+/m1/s1. The van der Waals surface area contributed by atoms with Gasteiger partial charge in [0.2, 0.25) is 0 Å². The summed E-state index contributed by atoms with van der Waals surface area (Å²) >= 11 is 0. The molecule has 2 aromatic rings. The van der Waals surface area contributed by atoms with Gasteiger partial charge in [-0.15, -0.1) is 0 Å². The van der Waals surface area contributed by atoms with Crippen molar-refractivity contribution < 1.29 is 5.11 Å². The summed E-state index contributed by atoms with van der Waals surface area (Å²) < 4.78 is 0. The van der Waals surface area contributed by atoms with Gasteiger partial charge in [0, 0.05) is 17.8 Å². The zero-order valence-electron chi connectivity index (χ0n) is 18.6. The van der Waals surface area contributed by atoms with Gasteiger partial charge in [0.25, 0.3) is 0 Å². The van der Waals surface area contributed by atoms with E-state index in [1.165, 1.54) is 54.9 Å². The summed E-state index contributed by atoms with van der Waals surface area (Å²) in [6.07, 6.45) is 20.0. The average Bonchev–Trinajstić information content (AvgIpc) is 3.28. The SMILES string of the molecule is C[C@]12CC=C3C=C4CC[C@@H](O)C[C@@]45CC[C@@]3(C5)[C@H]1CC[C@H]2c1ccc2ccncc2c1. The van der Waals surface area contributed by atoms with Crippen molar-refractivity contribution in [3.05, 3.63) is 65.5 Å². The van der Waals surface area contributed by atoms with Crippen molar-refractivity contribution in [1.82, 2.24) is 4.98 Å². The fourth-order valence-corrected chi connectivity index (χ4v) is 9.15. The number of nitrogens with zero attached hydrogens (tertiary/aromatic N) is 1. The molecule has 1 aromatic heterocycles. The first-order valence-corrected chi connectivity index (χ1v) is 12.5. The molecule has 2 bridgehead atoms. The van der Waals surface area contributed by atoms with Crippen LogP contribution in [0.3, 0.4) is 0 Å². The van der Waals surface area contributed by atoms with Crippen molar-refractivity contribution in [3.63, 3.8) is 0 Å². The van der Waals surface area contributed by atoms with Crippen LogP contribution in [0, 0.1) is 22.2 Å². The second-order valence-corrected chi connectivity index (χ2v) is 11.7. The Hall–Kier alpha value is -1.93. The summed E-state index contributed by atoms with van der Waals surface area (Å²) in [5.74, 6) is 1.40. The van der Waals surface area contributed by atoms with Gasteiger partial charge in [-0.05, 0) is 115 Å². The van der Waals surface area contributed by atoms with E-state index in [1.54, 1.807) is 11.1 Å². The number of aliphatic hydroxyl groups excluding tert-OH is 1. The number of aromatic nitrogens is 1. The minimum atomic E-state index is -0.0876. The quantitative estimate of drug-likeness (QED) is 0.566. The Morgan fingerprint density at radius 3 is 2.94 bits per heavy atom. The first-order valence-electron chi connectivity index (χ1n) is 12.5. The molecule has 160 valence electrons. The summed E-state index contributed by atoms with van der Waals surface area (Å²) in [4.78, 5) is 4.37. The van der Waals surface area contributed by atoms with Crippen molar-refractivity contribution in [1.29, 1.82) is 0 Å². The number of allylic oxidation sites excluding steroid dienone is 4. The maximum absolute atomic E-state index is 10.5. The Labute approximate surface area is 185 Å². The molecule has 5 aliphatic rings. The van der Waals surface area contributed by atoms with E-state index in [2.05, 4.69) is 48.3 Å². The number of pyridine rings is 1. The molecule has 5 aliphatic carbocycles. The zero-order chi connectivity index (χ0) is 20.8. The number of benzene rings is 1. The topological polar surface area (TPSA) is 33.1 Å². The molecule has 1 heterocycles. The minimum Gasteiger partial charge on any atom is -0.393 e. The van der Waals surface area contributed by atoms with Crippen molar-refractivity contribution >= 4 is 10.8 Å². The Bertz CT molecular complexity index is 1150. The zero-order valence-corrected chi connectivity index (χ0v) is 18.6. The van der Waals surface area contributed by atoms with Crippen molar-refractivity contribution in [2.75, 3.05) is 0 Å². The van der Waals surface area contributed by atoms with E-state index < -0.39 is 0 Å². The molecular weight excluding hydrogens is 378 g/mol. The Balaban J connectivity index is 1.31. The van der Waals surface area contributed by atoms with Gasteiger partial charge in [0.1, 0.15) is 0 Å². The van der Waals surface area contributed by atoms with Gasteiger partial charge in [-0.25, -0.2) is 0 Å². The maximum Gasteiger partial charge on any atom is 0.0551 e. The monoisotopic (exact) mass is 411 g/mol.